The minimum atomic E-state index is 0.918. The van der Waals surface area contributed by atoms with Crippen molar-refractivity contribution < 1.29 is 0 Å². The monoisotopic (exact) mass is 834 g/mol. The quantitative estimate of drug-likeness (QED) is 0.145. The van der Waals surface area contributed by atoms with E-state index in [-0.39, 0.29) is 0 Å². The highest BCUT2D eigenvalue weighted by Gasteiger charge is 2.22. The van der Waals surface area contributed by atoms with Gasteiger partial charge in [0.2, 0.25) is 0 Å². The van der Waals surface area contributed by atoms with Crippen molar-refractivity contribution in [2.75, 3.05) is 4.90 Å². The topological polar surface area (TPSA) is 34.0 Å². The molecule has 0 bridgehead atoms. The molecule has 0 fully saturated rings. The Labute approximate surface area is 380 Å². The Hall–Kier alpha value is -8.34. The minimum Gasteiger partial charge on any atom is -0.310 e. The van der Waals surface area contributed by atoms with Crippen LogP contribution in [-0.4, -0.2) is 14.5 Å². The summed E-state index contributed by atoms with van der Waals surface area (Å²) in [6.07, 6.45) is 3.87. The van der Waals surface area contributed by atoms with Gasteiger partial charge in [0.25, 0.3) is 0 Å². The molecule has 0 aliphatic heterocycles. The molecular formula is C61H46N4. The Bertz CT molecular complexity index is 3370. The van der Waals surface area contributed by atoms with E-state index in [1.807, 2.05) is 18.5 Å². The molecule has 65 heavy (non-hydrogen) atoms. The van der Waals surface area contributed by atoms with Gasteiger partial charge in [-0.15, -0.1) is 0 Å². The fraction of sp³-hybridized carbons (Fsp3) is 0.0492. The van der Waals surface area contributed by atoms with Crippen molar-refractivity contribution in [1.29, 1.82) is 0 Å². The molecule has 310 valence electrons. The molecule has 0 N–H and O–H groups in total. The molecule has 0 spiro atoms. The Morgan fingerprint density at radius 1 is 0.369 bits per heavy atom. The maximum Gasteiger partial charge on any atom is 0.0709 e. The van der Waals surface area contributed by atoms with E-state index in [1.54, 1.807) is 0 Å². The molecule has 8 aromatic carbocycles. The normalized spacial score (nSPS) is 11.3. The van der Waals surface area contributed by atoms with E-state index in [1.165, 1.54) is 38.5 Å². The summed E-state index contributed by atoms with van der Waals surface area (Å²) >= 11 is 0. The number of benzene rings is 8. The Kier molecular flexibility index (Phi) is 10.2. The number of rotatable bonds is 9. The van der Waals surface area contributed by atoms with E-state index < -0.39 is 0 Å². The smallest absolute Gasteiger partial charge is 0.0709 e. The molecule has 0 atom stereocenters. The van der Waals surface area contributed by atoms with Crippen LogP contribution < -0.4 is 4.90 Å². The number of hydrogen-bond acceptors (Lipinski definition) is 3. The number of nitrogens with zero attached hydrogens (tertiary/aromatic N) is 4. The highest BCUT2D eigenvalue weighted by molar-refractivity contribution is 6.09. The first-order valence-corrected chi connectivity index (χ1v) is 22.2. The van der Waals surface area contributed by atoms with Crippen LogP contribution in [0.1, 0.15) is 16.7 Å². The zero-order valence-electron chi connectivity index (χ0n) is 36.7. The second-order valence-corrected chi connectivity index (χ2v) is 16.9. The number of para-hydroxylation sites is 2. The number of aromatic nitrogens is 3. The average Bonchev–Trinajstić information content (AvgIpc) is 3.70. The molecule has 0 amide bonds. The standard InChI is InChI=1S/C61H46N4/c1-41-33-52(65-59-26-12-10-23-54(59)55-24-11-13-27-60(55)65)34-42(2)61(41)64(53-37-49(45-19-8-5-9-20-45)35-50(38-53)57-25-14-15-32-62-57)51-22-16-21-48(36-51)58-39-56(43(3)40-63-58)47-30-28-46(29-31-47)44-17-6-4-7-18-44/h4-40H,1-3H3. The van der Waals surface area contributed by atoms with Gasteiger partial charge in [-0.2, -0.15) is 0 Å². The molecule has 0 aliphatic rings. The van der Waals surface area contributed by atoms with Crippen molar-refractivity contribution in [3.8, 4) is 61.6 Å². The van der Waals surface area contributed by atoms with Gasteiger partial charge in [-0.3, -0.25) is 9.97 Å². The highest BCUT2D eigenvalue weighted by Crippen LogP contribution is 2.44. The predicted octanol–water partition coefficient (Wildman–Crippen LogP) is 16.3. The van der Waals surface area contributed by atoms with Gasteiger partial charge in [-0.05, 0) is 144 Å². The van der Waals surface area contributed by atoms with E-state index in [2.05, 4.69) is 236 Å². The molecule has 0 saturated heterocycles. The van der Waals surface area contributed by atoms with Crippen molar-refractivity contribution in [3.63, 3.8) is 0 Å². The lowest BCUT2D eigenvalue weighted by Gasteiger charge is -2.30. The van der Waals surface area contributed by atoms with E-state index in [9.17, 15) is 0 Å². The fourth-order valence-electron chi connectivity index (χ4n) is 9.51. The summed E-state index contributed by atoms with van der Waals surface area (Å²) in [6.45, 7) is 6.63. The Morgan fingerprint density at radius 2 is 0.923 bits per heavy atom. The molecule has 4 nitrogen and oxygen atoms in total. The number of pyridine rings is 2. The van der Waals surface area contributed by atoms with Gasteiger partial charge in [0.1, 0.15) is 0 Å². The zero-order valence-corrected chi connectivity index (χ0v) is 36.7. The maximum absolute atomic E-state index is 5.05. The van der Waals surface area contributed by atoms with Gasteiger partial charge in [0.15, 0.2) is 0 Å². The first-order valence-electron chi connectivity index (χ1n) is 22.2. The molecule has 11 rings (SSSR count). The molecule has 3 aromatic heterocycles. The molecule has 0 unspecified atom stereocenters. The van der Waals surface area contributed by atoms with Crippen molar-refractivity contribution >= 4 is 38.9 Å². The lowest BCUT2D eigenvalue weighted by Crippen LogP contribution is -2.14. The Balaban J connectivity index is 1.08. The van der Waals surface area contributed by atoms with E-state index in [0.717, 1.165) is 78.6 Å². The number of anilines is 3. The minimum absolute atomic E-state index is 0.918. The summed E-state index contributed by atoms with van der Waals surface area (Å²) in [5, 5.41) is 2.50. The third kappa shape index (κ3) is 7.45. The van der Waals surface area contributed by atoms with Crippen LogP contribution in [0.2, 0.25) is 0 Å². The molecule has 0 radical (unpaired) electrons. The third-order valence-electron chi connectivity index (χ3n) is 12.6. The van der Waals surface area contributed by atoms with E-state index >= 15 is 0 Å². The first-order chi connectivity index (χ1) is 32.0. The summed E-state index contributed by atoms with van der Waals surface area (Å²) in [5.41, 5.74) is 21.1. The predicted molar refractivity (Wildman–Crippen MR) is 272 cm³/mol. The fourth-order valence-corrected chi connectivity index (χ4v) is 9.51. The van der Waals surface area contributed by atoms with Crippen LogP contribution in [0.3, 0.4) is 0 Å². The summed E-state index contributed by atoms with van der Waals surface area (Å²) < 4.78 is 2.41. The second-order valence-electron chi connectivity index (χ2n) is 16.9. The van der Waals surface area contributed by atoms with Crippen molar-refractivity contribution in [2.45, 2.75) is 20.8 Å². The Morgan fingerprint density at radius 3 is 1.58 bits per heavy atom. The van der Waals surface area contributed by atoms with Crippen LogP contribution in [0.25, 0.3) is 83.4 Å². The molecular weight excluding hydrogens is 789 g/mol. The SMILES string of the molecule is Cc1cnc(-c2cccc(N(c3cc(-c4ccccc4)cc(-c4ccccn4)c3)c3c(C)cc(-n4c5ccccc5c5ccccc54)cc3C)c2)cc1-c1ccc(-c2ccccc2)cc1. The van der Waals surface area contributed by atoms with Crippen molar-refractivity contribution in [2.24, 2.45) is 0 Å². The van der Waals surface area contributed by atoms with Crippen LogP contribution in [0.15, 0.2) is 225 Å². The molecule has 0 aliphatic carbocycles. The van der Waals surface area contributed by atoms with Crippen LogP contribution in [0.5, 0.6) is 0 Å². The zero-order chi connectivity index (χ0) is 43.9. The third-order valence-corrected chi connectivity index (χ3v) is 12.6. The molecule has 0 saturated carbocycles. The largest absolute Gasteiger partial charge is 0.310 e. The maximum atomic E-state index is 5.05. The van der Waals surface area contributed by atoms with Gasteiger partial charge >= 0.3 is 0 Å². The van der Waals surface area contributed by atoms with Crippen LogP contribution in [0.4, 0.5) is 17.1 Å². The summed E-state index contributed by atoms with van der Waals surface area (Å²) in [5.74, 6) is 0. The van der Waals surface area contributed by atoms with Crippen LogP contribution in [-0.2, 0) is 0 Å². The summed E-state index contributed by atoms with van der Waals surface area (Å²) in [6, 6.07) is 76.2. The van der Waals surface area contributed by atoms with Crippen molar-refractivity contribution in [3.05, 3.63) is 241 Å². The number of aryl methyl sites for hydroxylation is 3. The van der Waals surface area contributed by atoms with Gasteiger partial charge < -0.3 is 9.47 Å². The summed E-state index contributed by atoms with van der Waals surface area (Å²) in [7, 11) is 0. The van der Waals surface area contributed by atoms with Gasteiger partial charge in [-0.25, -0.2) is 0 Å². The number of hydrogen-bond donors (Lipinski definition) is 0. The van der Waals surface area contributed by atoms with Crippen LogP contribution in [0, 0.1) is 20.8 Å². The van der Waals surface area contributed by atoms with Crippen LogP contribution >= 0.6 is 0 Å². The highest BCUT2D eigenvalue weighted by atomic mass is 15.1. The van der Waals surface area contributed by atoms with Crippen molar-refractivity contribution in [1.82, 2.24) is 14.5 Å². The summed E-state index contributed by atoms with van der Waals surface area (Å²) in [4.78, 5) is 12.3. The molecule has 3 heterocycles. The lowest BCUT2D eigenvalue weighted by atomic mass is 9.96. The van der Waals surface area contributed by atoms with Gasteiger partial charge in [0.05, 0.1) is 28.1 Å². The second kappa shape index (κ2) is 16.7. The molecule has 4 heteroatoms. The van der Waals surface area contributed by atoms with E-state index in [4.69, 9.17) is 9.97 Å². The van der Waals surface area contributed by atoms with Gasteiger partial charge in [-0.1, -0.05) is 140 Å². The average molecular weight is 835 g/mol. The number of fused-ring (bicyclic) bond motifs is 3. The first kappa shape index (κ1) is 39.5. The van der Waals surface area contributed by atoms with Gasteiger partial charge in [0, 0.05) is 51.4 Å². The van der Waals surface area contributed by atoms with E-state index in [0.29, 0.717) is 0 Å². The molecule has 11 aromatic rings. The lowest BCUT2D eigenvalue weighted by molar-refractivity contribution is 1.14.